The highest BCUT2D eigenvalue weighted by Gasteiger charge is 2.16. The van der Waals surface area contributed by atoms with Crippen LogP contribution in [0.25, 0.3) is 0 Å². The van der Waals surface area contributed by atoms with Crippen LogP contribution in [0.2, 0.25) is 0 Å². The van der Waals surface area contributed by atoms with Crippen molar-refractivity contribution < 1.29 is 14.3 Å². The van der Waals surface area contributed by atoms with E-state index < -0.39 is 5.97 Å². The third-order valence-corrected chi connectivity index (χ3v) is 4.33. The van der Waals surface area contributed by atoms with E-state index in [-0.39, 0.29) is 18.6 Å². The monoisotopic (exact) mass is 353 g/mol. The zero-order chi connectivity index (χ0) is 19.1. The van der Waals surface area contributed by atoms with Crippen LogP contribution in [0.3, 0.4) is 0 Å². The average molecular weight is 353 g/mol. The fourth-order valence-corrected chi connectivity index (χ4v) is 3.12. The highest BCUT2D eigenvalue weighted by atomic mass is 16.5. The van der Waals surface area contributed by atoms with Crippen molar-refractivity contribution in [2.24, 2.45) is 0 Å². The van der Waals surface area contributed by atoms with E-state index in [0.29, 0.717) is 5.56 Å². The maximum Gasteiger partial charge on any atom is 0.339 e. The smallest absolute Gasteiger partial charge is 0.339 e. The second-order valence-electron chi connectivity index (χ2n) is 6.84. The molecule has 1 atom stereocenters. The zero-order valence-electron chi connectivity index (χ0n) is 16.0. The summed E-state index contributed by atoms with van der Waals surface area (Å²) in [5.74, 6) is -0.728. The van der Waals surface area contributed by atoms with E-state index in [0.717, 1.165) is 29.5 Å². The van der Waals surface area contributed by atoms with E-state index in [1.807, 2.05) is 58.0 Å². The van der Waals surface area contributed by atoms with Crippen LogP contribution < -0.4 is 5.32 Å². The lowest BCUT2D eigenvalue weighted by Gasteiger charge is -2.15. The Kier molecular flexibility index (Phi) is 6.96. The number of esters is 1. The highest BCUT2D eigenvalue weighted by molar-refractivity contribution is 5.94. The van der Waals surface area contributed by atoms with E-state index in [4.69, 9.17) is 4.74 Å². The molecule has 1 unspecified atom stereocenters. The summed E-state index contributed by atoms with van der Waals surface area (Å²) in [6, 6.07) is 14.0. The van der Waals surface area contributed by atoms with Gasteiger partial charge in [0.25, 0.3) is 5.91 Å². The number of carbonyl (C=O) groups is 2. The summed E-state index contributed by atoms with van der Waals surface area (Å²) in [6.45, 7) is 7.43. The first-order valence-corrected chi connectivity index (χ1v) is 8.95. The van der Waals surface area contributed by atoms with Crippen LogP contribution in [-0.4, -0.2) is 24.5 Å². The molecule has 0 aliphatic heterocycles. The second kappa shape index (κ2) is 9.18. The van der Waals surface area contributed by atoms with E-state index >= 15 is 0 Å². The summed E-state index contributed by atoms with van der Waals surface area (Å²) in [7, 11) is 0. The van der Waals surface area contributed by atoms with Gasteiger partial charge in [-0.2, -0.15) is 0 Å². The molecule has 1 N–H and O–H groups in total. The fourth-order valence-electron chi connectivity index (χ4n) is 3.12. The van der Waals surface area contributed by atoms with Crippen molar-refractivity contribution in [3.8, 4) is 0 Å². The van der Waals surface area contributed by atoms with Crippen LogP contribution in [0.5, 0.6) is 0 Å². The van der Waals surface area contributed by atoms with Gasteiger partial charge < -0.3 is 10.1 Å². The number of ether oxygens (including phenoxy) is 1. The molecule has 0 fully saturated rings. The van der Waals surface area contributed by atoms with Crippen molar-refractivity contribution in [2.75, 3.05) is 6.61 Å². The third-order valence-electron chi connectivity index (χ3n) is 4.33. The molecule has 1 amide bonds. The summed E-state index contributed by atoms with van der Waals surface area (Å²) in [4.78, 5) is 24.3. The summed E-state index contributed by atoms with van der Waals surface area (Å²) < 4.78 is 5.20. The molecule has 0 saturated carbocycles. The number of amides is 1. The first kappa shape index (κ1) is 19.7. The number of carbonyl (C=O) groups excluding carboxylic acids is 2. The molecule has 0 aromatic heterocycles. The number of nitrogens with one attached hydrogen (secondary N) is 1. The summed E-state index contributed by atoms with van der Waals surface area (Å²) >= 11 is 0. The normalized spacial score (nSPS) is 11.7. The predicted molar refractivity (Wildman–Crippen MR) is 103 cm³/mol. The Morgan fingerprint density at radius 1 is 1.04 bits per heavy atom. The number of hydrogen-bond acceptors (Lipinski definition) is 3. The van der Waals surface area contributed by atoms with Crippen LogP contribution in [-0.2, 0) is 16.0 Å². The van der Waals surface area contributed by atoms with Crippen molar-refractivity contribution in [1.29, 1.82) is 0 Å². The van der Waals surface area contributed by atoms with Crippen molar-refractivity contribution in [3.63, 3.8) is 0 Å². The Labute approximate surface area is 155 Å². The highest BCUT2D eigenvalue weighted by Crippen LogP contribution is 2.17. The Balaban J connectivity index is 1.80. The molecule has 2 aromatic rings. The van der Waals surface area contributed by atoms with Gasteiger partial charge >= 0.3 is 5.97 Å². The van der Waals surface area contributed by atoms with Gasteiger partial charge in [0.1, 0.15) is 0 Å². The zero-order valence-corrected chi connectivity index (χ0v) is 16.0. The molecule has 138 valence electrons. The topological polar surface area (TPSA) is 55.4 Å². The molecular weight excluding hydrogens is 326 g/mol. The minimum atomic E-state index is -0.452. The molecule has 2 aromatic carbocycles. The van der Waals surface area contributed by atoms with Crippen molar-refractivity contribution >= 4 is 11.9 Å². The summed E-state index contributed by atoms with van der Waals surface area (Å²) in [6.07, 6.45) is 1.73. The second-order valence-corrected chi connectivity index (χ2v) is 6.84. The van der Waals surface area contributed by atoms with Crippen LogP contribution in [0, 0.1) is 20.8 Å². The molecule has 0 spiro atoms. The van der Waals surface area contributed by atoms with Crippen LogP contribution in [0.4, 0.5) is 0 Å². The fraction of sp³-hybridized carbons (Fsp3) is 0.364. The standard InChI is InChI=1S/C22H27NO3/c1-15-12-16(2)21(17(3)13-15)22(25)26-14-20(24)23-18(4)10-11-19-8-6-5-7-9-19/h5-9,12-13,18H,10-11,14H2,1-4H3,(H,23,24). The first-order valence-electron chi connectivity index (χ1n) is 8.95. The summed E-state index contributed by atoms with van der Waals surface area (Å²) in [5.41, 5.74) is 4.61. The van der Waals surface area contributed by atoms with E-state index in [9.17, 15) is 9.59 Å². The molecule has 0 aliphatic rings. The van der Waals surface area contributed by atoms with Gasteiger partial charge in [-0.05, 0) is 57.2 Å². The minimum absolute atomic E-state index is 0.0178. The van der Waals surface area contributed by atoms with Gasteiger partial charge in [-0.15, -0.1) is 0 Å². The number of benzene rings is 2. The largest absolute Gasteiger partial charge is 0.452 e. The first-order chi connectivity index (χ1) is 12.4. The quantitative estimate of drug-likeness (QED) is 0.768. The molecule has 0 bridgehead atoms. The Morgan fingerprint density at radius 2 is 1.65 bits per heavy atom. The van der Waals surface area contributed by atoms with Crippen molar-refractivity contribution in [3.05, 3.63) is 70.3 Å². The van der Waals surface area contributed by atoms with Gasteiger partial charge in [-0.1, -0.05) is 48.0 Å². The van der Waals surface area contributed by atoms with Gasteiger partial charge in [0.2, 0.25) is 0 Å². The SMILES string of the molecule is Cc1cc(C)c(C(=O)OCC(=O)NC(C)CCc2ccccc2)c(C)c1. The summed E-state index contributed by atoms with van der Waals surface area (Å²) in [5, 5.41) is 2.88. The molecule has 0 heterocycles. The maximum absolute atomic E-state index is 12.3. The van der Waals surface area contributed by atoms with Gasteiger partial charge in [-0.25, -0.2) is 4.79 Å². The third kappa shape index (κ3) is 5.73. The molecule has 0 radical (unpaired) electrons. The Bertz CT molecular complexity index is 745. The number of aryl methyl sites for hydroxylation is 4. The van der Waals surface area contributed by atoms with E-state index in [1.165, 1.54) is 5.56 Å². The van der Waals surface area contributed by atoms with Crippen LogP contribution in [0.1, 0.15) is 46.0 Å². The minimum Gasteiger partial charge on any atom is -0.452 e. The van der Waals surface area contributed by atoms with Crippen molar-refractivity contribution in [1.82, 2.24) is 5.32 Å². The predicted octanol–water partition coefficient (Wildman–Crippen LogP) is 3.91. The van der Waals surface area contributed by atoms with Gasteiger partial charge in [-0.3, -0.25) is 4.79 Å². The molecular formula is C22H27NO3. The van der Waals surface area contributed by atoms with Crippen molar-refractivity contribution in [2.45, 2.75) is 46.6 Å². The molecule has 4 nitrogen and oxygen atoms in total. The van der Waals surface area contributed by atoms with Gasteiger partial charge in [0.15, 0.2) is 6.61 Å². The molecule has 2 rings (SSSR count). The lowest BCUT2D eigenvalue weighted by atomic mass is 10.00. The lowest BCUT2D eigenvalue weighted by molar-refractivity contribution is -0.124. The molecule has 4 heteroatoms. The van der Waals surface area contributed by atoms with E-state index in [2.05, 4.69) is 17.4 Å². The lowest BCUT2D eigenvalue weighted by Crippen LogP contribution is -2.36. The number of hydrogen-bond donors (Lipinski definition) is 1. The molecule has 26 heavy (non-hydrogen) atoms. The maximum atomic E-state index is 12.3. The molecule has 0 saturated heterocycles. The van der Waals surface area contributed by atoms with Gasteiger partial charge in [0, 0.05) is 6.04 Å². The Morgan fingerprint density at radius 3 is 2.27 bits per heavy atom. The Hall–Kier alpha value is -2.62. The van der Waals surface area contributed by atoms with Crippen LogP contribution in [0.15, 0.2) is 42.5 Å². The van der Waals surface area contributed by atoms with Gasteiger partial charge in [0.05, 0.1) is 5.56 Å². The average Bonchev–Trinajstić information content (AvgIpc) is 2.58. The number of rotatable bonds is 7. The van der Waals surface area contributed by atoms with Crippen LogP contribution >= 0.6 is 0 Å². The van der Waals surface area contributed by atoms with E-state index in [1.54, 1.807) is 0 Å². The molecule has 0 aliphatic carbocycles.